The van der Waals surface area contributed by atoms with Crippen molar-refractivity contribution in [1.29, 1.82) is 0 Å². The first-order chi connectivity index (χ1) is 18.8. The molecule has 2 N–H and O–H groups in total. The molecule has 0 bridgehead atoms. The molecule has 5 rings (SSSR count). The zero-order valence-electron chi connectivity index (χ0n) is 21.2. The fourth-order valence-corrected chi connectivity index (χ4v) is 4.87. The van der Waals surface area contributed by atoms with E-state index in [1.54, 1.807) is 26.2 Å². The van der Waals surface area contributed by atoms with E-state index < -0.39 is 23.7 Å². The van der Waals surface area contributed by atoms with Crippen molar-refractivity contribution in [2.24, 2.45) is 0 Å². The van der Waals surface area contributed by atoms with Gasteiger partial charge in [-0.25, -0.2) is 18.3 Å². The van der Waals surface area contributed by atoms with Gasteiger partial charge in [-0.1, -0.05) is 41.0 Å². The van der Waals surface area contributed by atoms with E-state index in [0.717, 1.165) is 6.07 Å². The number of halogens is 3. The molecule has 1 aliphatic heterocycles. The predicted molar refractivity (Wildman–Crippen MR) is 140 cm³/mol. The van der Waals surface area contributed by atoms with Crippen molar-refractivity contribution >= 4 is 23.4 Å². The van der Waals surface area contributed by atoms with Gasteiger partial charge in [-0.15, -0.1) is 0 Å². The zero-order valence-corrected chi connectivity index (χ0v) is 22.0. The molecular formula is C26H26ClF2N7O3. The molecule has 2 aromatic carbocycles. The lowest BCUT2D eigenvalue weighted by atomic mass is 9.94. The van der Waals surface area contributed by atoms with Crippen molar-refractivity contribution in [2.45, 2.75) is 18.9 Å². The van der Waals surface area contributed by atoms with E-state index in [4.69, 9.17) is 20.9 Å². The van der Waals surface area contributed by atoms with Crippen molar-refractivity contribution in [2.75, 3.05) is 38.7 Å². The van der Waals surface area contributed by atoms with Gasteiger partial charge in [0.15, 0.2) is 29.0 Å². The predicted octanol–water partition coefficient (Wildman–Crippen LogP) is 4.40. The van der Waals surface area contributed by atoms with Gasteiger partial charge in [0.1, 0.15) is 5.02 Å². The van der Waals surface area contributed by atoms with Gasteiger partial charge in [0.25, 0.3) is 5.89 Å². The molecule has 0 spiro atoms. The fraction of sp³-hybridized carbons (Fsp3) is 0.308. The number of aryl methyl sites for hydroxylation is 1. The summed E-state index contributed by atoms with van der Waals surface area (Å²) in [6, 6.07) is 12.0. The molecule has 1 fully saturated rings. The van der Waals surface area contributed by atoms with E-state index in [-0.39, 0.29) is 28.3 Å². The van der Waals surface area contributed by atoms with Crippen molar-refractivity contribution in [3.05, 3.63) is 76.6 Å². The number of nitrogens with zero attached hydrogens (tertiary/aromatic N) is 5. The molecule has 39 heavy (non-hydrogen) atoms. The van der Waals surface area contributed by atoms with Crippen LogP contribution < -0.4 is 10.6 Å². The van der Waals surface area contributed by atoms with E-state index in [2.05, 4.69) is 30.8 Å². The molecule has 1 aliphatic rings. The summed E-state index contributed by atoms with van der Waals surface area (Å²) in [5.74, 6) is -1.43. The molecule has 0 saturated carbocycles. The van der Waals surface area contributed by atoms with Crippen molar-refractivity contribution in [3.63, 3.8) is 0 Å². The number of methoxy groups -OCH3 is 1. The minimum Gasteiger partial charge on any atom is -0.383 e. The average Bonchev–Trinajstić information content (AvgIpc) is 3.62. The number of carbonyl (C=O) groups is 1. The number of urea groups is 1. The normalized spacial score (nSPS) is 17.5. The Morgan fingerprint density at radius 1 is 1.18 bits per heavy atom. The number of benzene rings is 2. The number of hydrogen-bond acceptors (Lipinski definition) is 7. The molecule has 2 atom stereocenters. The second kappa shape index (κ2) is 11.5. The van der Waals surface area contributed by atoms with E-state index in [1.165, 1.54) is 16.8 Å². The highest BCUT2D eigenvalue weighted by atomic mass is 35.5. The number of anilines is 1. The first-order valence-electron chi connectivity index (χ1n) is 12.2. The highest BCUT2D eigenvalue weighted by Gasteiger charge is 2.35. The van der Waals surface area contributed by atoms with Crippen molar-refractivity contribution in [1.82, 2.24) is 30.1 Å². The van der Waals surface area contributed by atoms with E-state index in [9.17, 15) is 13.6 Å². The van der Waals surface area contributed by atoms with Crippen molar-refractivity contribution in [3.8, 4) is 17.3 Å². The Morgan fingerprint density at radius 3 is 2.67 bits per heavy atom. The minimum absolute atomic E-state index is 0.110. The molecular weight excluding hydrogens is 532 g/mol. The third kappa shape index (κ3) is 5.77. The molecule has 4 aromatic rings. The van der Waals surface area contributed by atoms with Crippen LogP contribution in [0.25, 0.3) is 17.3 Å². The highest BCUT2D eigenvalue weighted by Crippen LogP contribution is 2.35. The first kappa shape index (κ1) is 26.7. The summed E-state index contributed by atoms with van der Waals surface area (Å²) in [4.78, 5) is 19.6. The number of nitrogens with one attached hydrogen (secondary N) is 2. The zero-order chi connectivity index (χ0) is 27.5. The van der Waals surface area contributed by atoms with Crippen LogP contribution in [0.1, 0.15) is 17.3 Å². The van der Waals surface area contributed by atoms with Crippen LogP contribution >= 0.6 is 11.6 Å². The Morgan fingerprint density at radius 2 is 1.97 bits per heavy atom. The number of carbonyl (C=O) groups excluding carboxylic acids is 1. The molecule has 204 valence electrons. The number of rotatable bonds is 8. The molecule has 0 radical (unpaired) electrons. The summed E-state index contributed by atoms with van der Waals surface area (Å²) in [7, 11) is 1.61. The fourth-order valence-electron chi connectivity index (χ4n) is 4.62. The minimum atomic E-state index is -0.937. The van der Waals surface area contributed by atoms with Gasteiger partial charge < -0.3 is 14.6 Å². The van der Waals surface area contributed by atoms with Crippen LogP contribution in [0.2, 0.25) is 5.02 Å². The summed E-state index contributed by atoms with van der Waals surface area (Å²) in [5, 5.41) is 14.2. The molecule has 0 aliphatic carbocycles. The van der Waals surface area contributed by atoms with Gasteiger partial charge in [0.05, 0.1) is 18.3 Å². The maximum atomic E-state index is 14.1. The van der Waals surface area contributed by atoms with Crippen molar-refractivity contribution < 1.29 is 22.8 Å². The second-order valence-electron chi connectivity index (χ2n) is 9.14. The van der Waals surface area contributed by atoms with Crippen LogP contribution in [-0.4, -0.2) is 70.2 Å². The third-order valence-corrected chi connectivity index (χ3v) is 6.84. The van der Waals surface area contributed by atoms with Crippen LogP contribution in [-0.2, 0) is 4.74 Å². The van der Waals surface area contributed by atoms with Crippen LogP contribution in [0.15, 0.2) is 53.1 Å². The second-order valence-corrected chi connectivity index (χ2v) is 9.52. The Bertz CT molecular complexity index is 1460. The lowest BCUT2D eigenvalue weighted by molar-refractivity contribution is 0.159. The summed E-state index contributed by atoms with van der Waals surface area (Å²) >= 11 is 6.67. The standard InChI is InChI=1S/C26H26ClF2N7O3/c1-15-30-25(39-34-15)23-22(27)24(36(33-23)17-6-4-3-5-7-17)32-26(37)31-21-14-35(10-11-38-2)13-18(21)16-8-9-19(28)20(29)12-16/h3-9,12,18,21H,10-11,13-14H2,1-2H3,(H2,31,32,37). The largest absolute Gasteiger partial charge is 0.383 e. The molecule has 3 heterocycles. The number of hydrogen-bond donors (Lipinski definition) is 2. The maximum absolute atomic E-state index is 14.1. The third-order valence-electron chi connectivity index (χ3n) is 6.49. The number of amides is 2. The number of likely N-dealkylation sites (tertiary alicyclic amines) is 1. The number of ether oxygens (including phenoxy) is 1. The summed E-state index contributed by atoms with van der Waals surface area (Å²) in [6.07, 6.45) is 0. The van der Waals surface area contributed by atoms with E-state index >= 15 is 0 Å². The molecule has 2 aromatic heterocycles. The summed E-state index contributed by atoms with van der Waals surface area (Å²) in [6.45, 7) is 3.80. The SMILES string of the molecule is COCCN1CC(NC(=O)Nc2c(Cl)c(-c3nc(C)no3)nn2-c2ccccc2)C(c2ccc(F)c(F)c2)C1. The smallest absolute Gasteiger partial charge is 0.320 e. The Kier molecular flexibility index (Phi) is 7.87. The molecule has 1 saturated heterocycles. The topological polar surface area (TPSA) is 110 Å². The number of aromatic nitrogens is 4. The van der Waals surface area contributed by atoms with Crippen LogP contribution in [0.4, 0.5) is 19.4 Å². The van der Waals surface area contributed by atoms with Gasteiger partial charge in [-0.05, 0) is 36.8 Å². The van der Waals surface area contributed by atoms with E-state index in [0.29, 0.717) is 43.3 Å². The summed E-state index contributed by atoms with van der Waals surface area (Å²) < 4.78 is 39.6. The van der Waals surface area contributed by atoms with Crippen LogP contribution in [0.5, 0.6) is 0 Å². The quantitative estimate of drug-likeness (QED) is 0.330. The molecule has 10 nitrogen and oxygen atoms in total. The Hall–Kier alpha value is -3.87. The molecule has 13 heteroatoms. The molecule has 2 unspecified atom stereocenters. The first-order valence-corrected chi connectivity index (χ1v) is 12.6. The lowest BCUT2D eigenvalue weighted by Crippen LogP contribution is -2.42. The van der Waals surface area contributed by atoms with E-state index in [1.807, 2.05) is 18.2 Å². The van der Waals surface area contributed by atoms with Gasteiger partial charge >= 0.3 is 6.03 Å². The Balaban J connectivity index is 1.42. The van der Waals surface area contributed by atoms with Gasteiger partial charge in [0.2, 0.25) is 0 Å². The monoisotopic (exact) mass is 557 g/mol. The molecule has 2 amide bonds. The maximum Gasteiger partial charge on any atom is 0.320 e. The average molecular weight is 558 g/mol. The van der Waals surface area contributed by atoms with Gasteiger partial charge in [0, 0.05) is 32.7 Å². The van der Waals surface area contributed by atoms with Crippen LogP contribution in [0, 0.1) is 18.6 Å². The summed E-state index contributed by atoms with van der Waals surface area (Å²) in [5.41, 5.74) is 1.44. The Labute approximate surface area is 227 Å². The van der Waals surface area contributed by atoms with Gasteiger partial charge in [-0.2, -0.15) is 10.1 Å². The van der Waals surface area contributed by atoms with Gasteiger partial charge in [-0.3, -0.25) is 10.2 Å². The van der Waals surface area contributed by atoms with Crippen LogP contribution in [0.3, 0.4) is 0 Å². The number of para-hydroxylation sites is 1. The highest BCUT2D eigenvalue weighted by molar-refractivity contribution is 6.35. The lowest BCUT2D eigenvalue weighted by Gasteiger charge is -2.21.